The Morgan fingerprint density at radius 3 is 1.90 bits per heavy atom. The van der Waals surface area contributed by atoms with Crippen molar-refractivity contribution < 1.29 is 9.53 Å². The van der Waals surface area contributed by atoms with Gasteiger partial charge in [0.05, 0.1) is 6.04 Å². The summed E-state index contributed by atoms with van der Waals surface area (Å²) in [5.74, 6) is 0.958. The molecule has 0 spiro atoms. The number of hydrogen-bond acceptors (Lipinski definition) is 2. The lowest BCUT2D eigenvalue weighted by Crippen LogP contribution is -2.39. The third kappa shape index (κ3) is 5.26. The van der Waals surface area contributed by atoms with E-state index in [4.69, 9.17) is 4.74 Å². The molecule has 150 valence electrons. The van der Waals surface area contributed by atoms with Gasteiger partial charge >= 0.3 is 0 Å². The van der Waals surface area contributed by atoms with Gasteiger partial charge in [-0.15, -0.1) is 0 Å². The minimum atomic E-state index is -0.607. The van der Waals surface area contributed by atoms with Crippen molar-refractivity contribution in [3.8, 4) is 5.75 Å². The van der Waals surface area contributed by atoms with Crippen LogP contribution in [0.25, 0.3) is 0 Å². The highest BCUT2D eigenvalue weighted by molar-refractivity contribution is 5.81. The normalized spacial score (nSPS) is 12.1. The Hall–Kier alpha value is -3.07. The van der Waals surface area contributed by atoms with Crippen molar-refractivity contribution in [2.24, 2.45) is 0 Å². The maximum absolute atomic E-state index is 13.0. The Morgan fingerprint density at radius 2 is 1.38 bits per heavy atom. The molecule has 1 atom stereocenters. The van der Waals surface area contributed by atoms with Crippen molar-refractivity contribution in [1.82, 2.24) is 5.32 Å². The van der Waals surface area contributed by atoms with E-state index in [1.54, 1.807) is 6.92 Å². The number of hydrogen-bond donors (Lipinski definition) is 1. The minimum absolute atomic E-state index is 0.140. The van der Waals surface area contributed by atoms with E-state index >= 15 is 0 Å². The number of benzene rings is 3. The van der Waals surface area contributed by atoms with Gasteiger partial charge in [-0.2, -0.15) is 0 Å². The van der Waals surface area contributed by atoms with Crippen LogP contribution in [0.4, 0.5) is 0 Å². The summed E-state index contributed by atoms with van der Waals surface area (Å²) in [5, 5.41) is 3.17. The average molecular weight is 388 g/mol. The Labute approximate surface area is 173 Å². The molecule has 0 aromatic heterocycles. The summed E-state index contributed by atoms with van der Waals surface area (Å²) >= 11 is 0. The van der Waals surface area contributed by atoms with E-state index in [-0.39, 0.29) is 11.9 Å². The first-order chi connectivity index (χ1) is 14.0. The molecule has 0 heterocycles. The molecule has 3 nitrogen and oxygen atoms in total. The molecule has 0 aliphatic carbocycles. The van der Waals surface area contributed by atoms with E-state index in [1.165, 1.54) is 0 Å². The first-order valence-corrected chi connectivity index (χ1v) is 10.1. The first-order valence-electron chi connectivity index (χ1n) is 10.1. The van der Waals surface area contributed by atoms with Gasteiger partial charge in [0.25, 0.3) is 5.91 Å². The van der Waals surface area contributed by atoms with Gasteiger partial charge in [-0.1, -0.05) is 86.6 Å². The molecule has 0 radical (unpaired) electrons. The lowest BCUT2D eigenvalue weighted by Gasteiger charge is -2.24. The average Bonchev–Trinajstić information content (AvgIpc) is 2.73. The lowest BCUT2D eigenvalue weighted by molar-refractivity contribution is -0.127. The van der Waals surface area contributed by atoms with E-state index in [0.717, 1.165) is 28.0 Å². The number of amides is 1. The maximum Gasteiger partial charge on any atom is 0.261 e. The van der Waals surface area contributed by atoms with Gasteiger partial charge in [-0.25, -0.2) is 0 Å². The van der Waals surface area contributed by atoms with Crippen LogP contribution in [0.5, 0.6) is 5.75 Å². The van der Waals surface area contributed by atoms with Crippen molar-refractivity contribution in [2.45, 2.75) is 45.8 Å². The highest BCUT2D eigenvalue weighted by Crippen LogP contribution is 2.29. The molecule has 0 aliphatic rings. The molecular formula is C26H29NO2. The fraction of sp³-hybridized carbons (Fsp3) is 0.269. The number of ether oxygens (including phenoxy) is 1. The van der Waals surface area contributed by atoms with Crippen LogP contribution in [0.1, 0.15) is 55.0 Å². The van der Waals surface area contributed by atoms with Crippen molar-refractivity contribution >= 4 is 5.91 Å². The highest BCUT2D eigenvalue weighted by Gasteiger charge is 2.22. The summed E-state index contributed by atoms with van der Waals surface area (Å²) in [6.45, 7) is 8.09. The van der Waals surface area contributed by atoms with E-state index in [9.17, 15) is 4.79 Å². The van der Waals surface area contributed by atoms with Crippen molar-refractivity contribution in [3.63, 3.8) is 0 Å². The van der Waals surface area contributed by atoms with Gasteiger partial charge in [0.15, 0.2) is 6.10 Å². The van der Waals surface area contributed by atoms with Crippen molar-refractivity contribution in [1.29, 1.82) is 0 Å². The number of aryl methyl sites for hydroxylation is 1. The van der Waals surface area contributed by atoms with Gasteiger partial charge in [-0.3, -0.25) is 4.79 Å². The van der Waals surface area contributed by atoms with Crippen LogP contribution in [-0.2, 0) is 4.79 Å². The second-order valence-corrected chi connectivity index (χ2v) is 7.72. The number of nitrogens with one attached hydrogen (secondary N) is 1. The zero-order valence-electron chi connectivity index (χ0n) is 17.6. The quantitative estimate of drug-likeness (QED) is 0.557. The van der Waals surface area contributed by atoms with Crippen LogP contribution < -0.4 is 10.1 Å². The molecule has 1 N–H and O–H groups in total. The van der Waals surface area contributed by atoms with E-state index in [2.05, 4.69) is 31.3 Å². The van der Waals surface area contributed by atoms with Crippen LogP contribution in [-0.4, -0.2) is 12.0 Å². The van der Waals surface area contributed by atoms with Crippen molar-refractivity contribution in [2.75, 3.05) is 0 Å². The van der Waals surface area contributed by atoms with Crippen molar-refractivity contribution in [3.05, 3.63) is 101 Å². The summed E-state index contributed by atoms with van der Waals surface area (Å²) in [5.41, 5.74) is 4.30. The first kappa shape index (κ1) is 20.7. The summed E-state index contributed by atoms with van der Waals surface area (Å²) < 4.78 is 6.11. The monoisotopic (exact) mass is 387 g/mol. The summed E-state index contributed by atoms with van der Waals surface area (Å²) in [4.78, 5) is 13.0. The van der Waals surface area contributed by atoms with E-state index < -0.39 is 6.10 Å². The third-order valence-corrected chi connectivity index (χ3v) is 5.02. The predicted molar refractivity (Wildman–Crippen MR) is 118 cm³/mol. The third-order valence-electron chi connectivity index (χ3n) is 5.02. The molecule has 3 aromatic carbocycles. The Kier molecular flexibility index (Phi) is 6.71. The van der Waals surface area contributed by atoms with Crippen LogP contribution in [0.3, 0.4) is 0 Å². The van der Waals surface area contributed by atoms with Gasteiger partial charge in [-0.05, 0) is 48.1 Å². The number of rotatable bonds is 7. The van der Waals surface area contributed by atoms with Crippen LogP contribution in [0.2, 0.25) is 0 Å². The standard InChI is InChI=1S/C26H29NO2/c1-18(2)23-16-15-19(3)17-24(23)29-20(4)26(28)27-25(21-11-7-5-8-12-21)22-13-9-6-10-14-22/h5-18,20,25H,1-4H3,(H,27,28)/t20-/m0/s1. The van der Waals surface area contributed by atoms with Gasteiger partial charge in [0.1, 0.15) is 5.75 Å². The predicted octanol–water partition coefficient (Wildman–Crippen LogP) is 5.79. The molecule has 3 aromatic rings. The van der Waals surface area contributed by atoms with E-state index in [1.807, 2.05) is 73.7 Å². The lowest BCUT2D eigenvalue weighted by atomic mass is 9.98. The molecule has 0 bridgehead atoms. The molecule has 1 amide bonds. The van der Waals surface area contributed by atoms with Gasteiger partial charge in [0, 0.05) is 0 Å². The number of carbonyl (C=O) groups excluding carboxylic acids is 1. The topological polar surface area (TPSA) is 38.3 Å². The molecular weight excluding hydrogens is 358 g/mol. The van der Waals surface area contributed by atoms with Gasteiger partial charge < -0.3 is 10.1 Å². The fourth-order valence-corrected chi connectivity index (χ4v) is 3.37. The zero-order chi connectivity index (χ0) is 20.8. The minimum Gasteiger partial charge on any atom is -0.481 e. The van der Waals surface area contributed by atoms with Crippen LogP contribution in [0, 0.1) is 6.92 Å². The fourth-order valence-electron chi connectivity index (χ4n) is 3.37. The second kappa shape index (κ2) is 9.42. The SMILES string of the molecule is Cc1ccc(C(C)C)c(O[C@@H](C)C(=O)NC(c2ccccc2)c2ccccc2)c1. The summed E-state index contributed by atoms with van der Waals surface area (Å²) in [7, 11) is 0. The molecule has 0 fully saturated rings. The Bertz CT molecular complexity index is 896. The van der Waals surface area contributed by atoms with Gasteiger partial charge in [0.2, 0.25) is 0 Å². The van der Waals surface area contributed by atoms with Crippen LogP contribution >= 0.6 is 0 Å². The smallest absolute Gasteiger partial charge is 0.261 e. The Balaban J connectivity index is 1.81. The number of carbonyl (C=O) groups is 1. The molecule has 0 unspecified atom stereocenters. The maximum atomic E-state index is 13.0. The molecule has 0 aliphatic heterocycles. The molecule has 0 saturated heterocycles. The highest BCUT2D eigenvalue weighted by atomic mass is 16.5. The van der Waals surface area contributed by atoms with Crippen LogP contribution in [0.15, 0.2) is 78.9 Å². The second-order valence-electron chi connectivity index (χ2n) is 7.72. The van der Waals surface area contributed by atoms with E-state index in [0.29, 0.717) is 5.92 Å². The summed E-state index contributed by atoms with van der Waals surface area (Å²) in [6.07, 6.45) is -0.607. The Morgan fingerprint density at radius 1 is 0.828 bits per heavy atom. The molecule has 0 saturated carbocycles. The summed E-state index contributed by atoms with van der Waals surface area (Å²) in [6, 6.07) is 25.9. The molecule has 3 heteroatoms. The largest absolute Gasteiger partial charge is 0.481 e. The molecule has 29 heavy (non-hydrogen) atoms. The zero-order valence-corrected chi connectivity index (χ0v) is 17.6. The molecule has 3 rings (SSSR count).